The van der Waals surface area contributed by atoms with Gasteiger partial charge in [-0.3, -0.25) is 4.79 Å². The third kappa shape index (κ3) is 4.14. The Hall–Kier alpha value is -0.540. The third-order valence-corrected chi connectivity index (χ3v) is 3.09. The Morgan fingerprint density at radius 3 is 2.69 bits per heavy atom. The van der Waals surface area contributed by atoms with E-state index in [-0.39, 0.29) is 11.5 Å². The number of hydrogen-bond acceptors (Lipinski definition) is 2. The van der Waals surface area contributed by atoms with E-state index in [1.54, 1.807) is 12.1 Å². The van der Waals surface area contributed by atoms with Gasteiger partial charge in [0.2, 0.25) is 0 Å². The summed E-state index contributed by atoms with van der Waals surface area (Å²) in [5.41, 5.74) is 0.364. The molecule has 0 saturated heterocycles. The number of phenolic OH excluding ortho intramolecular Hbond substituents is 1. The highest BCUT2D eigenvalue weighted by Crippen LogP contribution is 2.23. The second kappa shape index (κ2) is 6.92. The molecule has 0 aromatic heterocycles. The van der Waals surface area contributed by atoms with Crippen LogP contribution < -0.4 is 0 Å². The van der Waals surface area contributed by atoms with Gasteiger partial charge in [-0.2, -0.15) is 0 Å². The summed E-state index contributed by atoms with van der Waals surface area (Å²) < 4.78 is 0. The van der Waals surface area contributed by atoms with Crippen LogP contribution in [0.3, 0.4) is 0 Å². The van der Waals surface area contributed by atoms with E-state index in [4.69, 9.17) is 11.6 Å². The molecule has 1 aromatic rings. The molecule has 0 unspecified atom stereocenters. The largest absolute Gasteiger partial charge is 0.507 e. The van der Waals surface area contributed by atoms with Gasteiger partial charge in [0.05, 0.1) is 5.56 Å². The zero-order chi connectivity index (χ0) is 12.0. The van der Waals surface area contributed by atoms with Crippen LogP contribution in [-0.2, 0) is 0 Å². The smallest absolute Gasteiger partial charge is 0.166 e. The summed E-state index contributed by atoms with van der Waals surface area (Å²) in [7, 11) is 0. The van der Waals surface area contributed by atoms with Gasteiger partial charge in [0.25, 0.3) is 0 Å². The van der Waals surface area contributed by atoms with E-state index < -0.39 is 0 Å². The molecule has 0 aliphatic rings. The Morgan fingerprint density at radius 2 is 2.06 bits per heavy atom. The van der Waals surface area contributed by atoms with E-state index in [9.17, 15) is 9.90 Å². The number of benzene rings is 1. The van der Waals surface area contributed by atoms with Crippen molar-refractivity contribution >= 4 is 33.3 Å². The standard InChI is InChI=1S/C12H14BrClO2/c13-7-3-1-2-4-11(15)10-6-5-9(14)8-12(10)16/h5-6,8,16H,1-4,7H2. The van der Waals surface area contributed by atoms with Crippen molar-refractivity contribution in [3.8, 4) is 5.75 Å². The maximum absolute atomic E-state index is 11.7. The van der Waals surface area contributed by atoms with Crippen molar-refractivity contribution in [2.75, 3.05) is 5.33 Å². The molecule has 0 spiro atoms. The predicted octanol–water partition coefficient (Wildman–Crippen LogP) is 4.18. The van der Waals surface area contributed by atoms with E-state index in [2.05, 4.69) is 15.9 Å². The van der Waals surface area contributed by atoms with Crippen LogP contribution >= 0.6 is 27.5 Å². The van der Waals surface area contributed by atoms with Gasteiger partial charge in [0, 0.05) is 16.8 Å². The third-order valence-electron chi connectivity index (χ3n) is 2.30. The fourth-order valence-electron chi connectivity index (χ4n) is 1.43. The van der Waals surface area contributed by atoms with E-state index in [1.807, 2.05) is 0 Å². The average Bonchev–Trinajstić information content (AvgIpc) is 2.24. The average molecular weight is 306 g/mol. The molecule has 2 nitrogen and oxygen atoms in total. The lowest BCUT2D eigenvalue weighted by Gasteiger charge is -2.03. The Morgan fingerprint density at radius 1 is 1.31 bits per heavy atom. The quantitative estimate of drug-likeness (QED) is 0.486. The molecule has 0 aliphatic heterocycles. The summed E-state index contributed by atoms with van der Waals surface area (Å²) in [6.07, 6.45) is 3.42. The fraction of sp³-hybridized carbons (Fsp3) is 0.417. The minimum Gasteiger partial charge on any atom is -0.507 e. The first-order chi connectivity index (χ1) is 7.65. The minimum absolute atomic E-state index is 0.0243. The van der Waals surface area contributed by atoms with Crippen LogP contribution in [0.15, 0.2) is 18.2 Å². The monoisotopic (exact) mass is 304 g/mol. The minimum atomic E-state index is -0.0296. The number of unbranched alkanes of at least 4 members (excludes halogenated alkanes) is 2. The van der Waals surface area contributed by atoms with Gasteiger partial charge < -0.3 is 5.11 Å². The molecular weight excluding hydrogens is 291 g/mol. The van der Waals surface area contributed by atoms with Crippen molar-refractivity contribution in [2.45, 2.75) is 25.7 Å². The molecule has 0 heterocycles. The van der Waals surface area contributed by atoms with Crippen molar-refractivity contribution in [1.82, 2.24) is 0 Å². The number of halogens is 2. The lowest BCUT2D eigenvalue weighted by atomic mass is 10.0. The molecule has 0 saturated carbocycles. The number of ketones is 1. The SMILES string of the molecule is O=C(CCCCCBr)c1ccc(Cl)cc1O. The molecule has 0 bridgehead atoms. The first kappa shape index (κ1) is 13.5. The van der Waals surface area contributed by atoms with Gasteiger partial charge in [-0.05, 0) is 31.0 Å². The van der Waals surface area contributed by atoms with Crippen molar-refractivity contribution in [2.24, 2.45) is 0 Å². The molecule has 4 heteroatoms. The van der Waals surface area contributed by atoms with Crippen LogP contribution in [0.1, 0.15) is 36.0 Å². The number of phenols is 1. The molecule has 0 fully saturated rings. The Labute approximate surface area is 109 Å². The number of rotatable bonds is 6. The molecule has 1 N–H and O–H groups in total. The summed E-state index contributed by atoms with van der Waals surface area (Å²) in [5.74, 6) is -0.0540. The van der Waals surface area contributed by atoms with Crippen LogP contribution in [0, 0.1) is 0 Å². The second-order valence-corrected chi connectivity index (χ2v) is 4.81. The first-order valence-electron chi connectivity index (χ1n) is 5.23. The normalized spacial score (nSPS) is 10.4. The number of hydrogen-bond donors (Lipinski definition) is 1. The predicted molar refractivity (Wildman–Crippen MR) is 69.7 cm³/mol. The van der Waals surface area contributed by atoms with Crippen molar-refractivity contribution in [3.05, 3.63) is 28.8 Å². The molecule has 0 atom stereocenters. The van der Waals surface area contributed by atoms with E-state index in [0.29, 0.717) is 17.0 Å². The Bertz CT molecular complexity index is 366. The number of aromatic hydroxyl groups is 1. The molecule has 1 aromatic carbocycles. The molecule has 88 valence electrons. The first-order valence-corrected chi connectivity index (χ1v) is 6.72. The van der Waals surface area contributed by atoms with Gasteiger partial charge in [-0.25, -0.2) is 0 Å². The maximum atomic E-state index is 11.7. The highest BCUT2D eigenvalue weighted by Gasteiger charge is 2.10. The molecule has 1 rings (SSSR count). The summed E-state index contributed by atoms with van der Waals surface area (Å²) in [5, 5.41) is 11.0. The lowest BCUT2D eigenvalue weighted by Crippen LogP contribution is -1.99. The molecule has 0 radical (unpaired) electrons. The highest BCUT2D eigenvalue weighted by atomic mass is 79.9. The van der Waals surface area contributed by atoms with Gasteiger partial charge >= 0.3 is 0 Å². The van der Waals surface area contributed by atoms with E-state index in [1.165, 1.54) is 6.07 Å². The zero-order valence-corrected chi connectivity index (χ0v) is 11.2. The maximum Gasteiger partial charge on any atom is 0.166 e. The summed E-state index contributed by atoms with van der Waals surface area (Å²) in [4.78, 5) is 11.7. The highest BCUT2D eigenvalue weighted by molar-refractivity contribution is 9.09. The van der Waals surface area contributed by atoms with E-state index in [0.717, 1.165) is 24.6 Å². The summed E-state index contributed by atoms with van der Waals surface area (Å²) >= 11 is 9.03. The fourth-order valence-corrected chi connectivity index (χ4v) is 1.99. The van der Waals surface area contributed by atoms with Crippen LogP contribution in [-0.4, -0.2) is 16.2 Å². The molecule has 0 amide bonds. The summed E-state index contributed by atoms with van der Waals surface area (Å²) in [6.45, 7) is 0. The van der Waals surface area contributed by atoms with Gasteiger partial charge in [0.1, 0.15) is 5.75 Å². The second-order valence-electron chi connectivity index (χ2n) is 3.58. The number of carbonyl (C=O) groups is 1. The topological polar surface area (TPSA) is 37.3 Å². The van der Waals surface area contributed by atoms with Crippen LogP contribution in [0.2, 0.25) is 5.02 Å². The van der Waals surface area contributed by atoms with Gasteiger partial charge in [0.15, 0.2) is 5.78 Å². The van der Waals surface area contributed by atoms with Crippen LogP contribution in [0.5, 0.6) is 5.75 Å². The molecular formula is C12H14BrClO2. The zero-order valence-electron chi connectivity index (χ0n) is 8.88. The van der Waals surface area contributed by atoms with Crippen LogP contribution in [0.25, 0.3) is 0 Å². The van der Waals surface area contributed by atoms with E-state index >= 15 is 0 Å². The van der Waals surface area contributed by atoms with Gasteiger partial charge in [-0.15, -0.1) is 0 Å². The number of alkyl halides is 1. The van der Waals surface area contributed by atoms with Crippen LogP contribution in [0.4, 0.5) is 0 Å². The molecule has 16 heavy (non-hydrogen) atoms. The van der Waals surface area contributed by atoms with Gasteiger partial charge in [-0.1, -0.05) is 34.0 Å². The van der Waals surface area contributed by atoms with Crippen molar-refractivity contribution < 1.29 is 9.90 Å². The Kier molecular flexibility index (Phi) is 5.85. The summed E-state index contributed by atoms with van der Waals surface area (Å²) in [6, 6.07) is 4.59. The Balaban J connectivity index is 2.53. The number of Topliss-reactive ketones (excluding diaryl/α,β-unsaturated/α-hetero) is 1. The lowest BCUT2D eigenvalue weighted by molar-refractivity contribution is 0.0977. The van der Waals surface area contributed by atoms with Crippen molar-refractivity contribution in [1.29, 1.82) is 0 Å². The molecule has 0 aliphatic carbocycles. The number of carbonyl (C=O) groups excluding carboxylic acids is 1. The van der Waals surface area contributed by atoms with Crippen molar-refractivity contribution in [3.63, 3.8) is 0 Å².